The molecule has 0 bridgehead atoms. The van der Waals surface area contributed by atoms with E-state index >= 15 is 0 Å². The molecule has 0 amide bonds. The zero-order chi connectivity index (χ0) is 15.3. The molecule has 0 aliphatic carbocycles. The van der Waals surface area contributed by atoms with Crippen molar-refractivity contribution in [2.75, 3.05) is 7.11 Å². The molecule has 118 valence electrons. The third-order valence-electron chi connectivity index (χ3n) is 3.75. The third kappa shape index (κ3) is 3.43. The minimum Gasteiger partial charge on any atom is -0.356 e. The van der Waals surface area contributed by atoms with Gasteiger partial charge in [-0.1, -0.05) is 91.0 Å². The lowest BCUT2D eigenvalue weighted by Crippen LogP contribution is -2.27. The highest BCUT2D eigenvalue weighted by Crippen LogP contribution is 2.43. The number of benzene rings is 3. The Morgan fingerprint density at radius 3 is 1.17 bits per heavy atom. The van der Waals surface area contributed by atoms with E-state index in [0.717, 1.165) is 0 Å². The summed E-state index contributed by atoms with van der Waals surface area (Å²) in [6.07, 6.45) is 0. The van der Waals surface area contributed by atoms with Gasteiger partial charge >= 0.3 is 0 Å². The maximum absolute atomic E-state index is 5.59. The molecule has 3 aromatic rings. The van der Waals surface area contributed by atoms with E-state index in [1.54, 1.807) is 7.11 Å². The van der Waals surface area contributed by atoms with Crippen molar-refractivity contribution in [2.24, 2.45) is 0 Å². The summed E-state index contributed by atoms with van der Waals surface area (Å²) in [7, 11) is 1.74. The SMILES string of the molecule is COC=P(c1ccccc1)(c1ccccc1)c1ccccc1.Cl. The average Bonchev–Trinajstić information content (AvgIpc) is 2.62. The third-order valence-corrected chi connectivity index (χ3v) is 7.62. The number of hydrogen-bond donors (Lipinski definition) is 0. The van der Waals surface area contributed by atoms with Gasteiger partial charge < -0.3 is 4.74 Å². The standard InChI is InChI=1S/C20H19OP.ClH/c1-21-17-22(18-11-5-2-6-12-18,19-13-7-3-8-14-19)20-15-9-4-10-16-20;/h2-17H,1H3;1H. The molecule has 0 aliphatic rings. The first-order valence-electron chi connectivity index (χ1n) is 7.31. The normalized spacial score (nSPS) is 10.7. The second kappa shape index (κ2) is 8.17. The van der Waals surface area contributed by atoms with Gasteiger partial charge in [-0.2, -0.15) is 0 Å². The molecular weight excluding hydrogens is 323 g/mol. The van der Waals surface area contributed by atoms with E-state index in [9.17, 15) is 0 Å². The van der Waals surface area contributed by atoms with E-state index in [2.05, 4.69) is 91.0 Å². The molecule has 0 aliphatic heterocycles. The molecule has 0 radical (unpaired) electrons. The predicted molar refractivity (Wildman–Crippen MR) is 105 cm³/mol. The van der Waals surface area contributed by atoms with Crippen LogP contribution in [0.15, 0.2) is 91.0 Å². The molecule has 3 heteroatoms. The molecule has 0 aromatic heterocycles. The molecular formula is C20H20ClOP. The molecule has 23 heavy (non-hydrogen) atoms. The summed E-state index contributed by atoms with van der Waals surface area (Å²) in [5.74, 6) is 2.03. The fraction of sp³-hybridized carbons (Fsp3) is 0.0500. The Bertz CT molecular complexity index is 667. The molecule has 1 nitrogen and oxygen atoms in total. The molecule has 3 rings (SSSR count). The first kappa shape index (κ1) is 17.6. The number of halogens is 1. The van der Waals surface area contributed by atoms with E-state index in [-0.39, 0.29) is 12.4 Å². The molecule has 0 unspecified atom stereocenters. The van der Waals surface area contributed by atoms with Gasteiger partial charge in [0.15, 0.2) is 0 Å². The lowest BCUT2D eigenvalue weighted by Gasteiger charge is -2.27. The Morgan fingerprint density at radius 2 is 0.913 bits per heavy atom. The van der Waals surface area contributed by atoms with E-state index in [1.807, 2.05) is 5.98 Å². The molecule has 0 atom stereocenters. The zero-order valence-electron chi connectivity index (χ0n) is 13.0. The first-order valence-corrected chi connectivity index (χ1v) is 9.16. The second-order valence-corrected chi connectivity index (χ2v) is 8.28. The number of rotatable bonds is 4. The summed E-state index contributed by atoms with van der Waals surface area (Å²) in [5.41, 5.74) is 0. The van der Waals surface area contributed by atoms with Crippen molar-refractivity contribution in [3.8, 4) is 0 Å². The minimum absolute atomic E-state index is 0. The summed E-state index contributed by atoms with van der Waals surface area (Å²) < 4.78 is 5.59. The maximum atomic E-state index is 5.59. The fourth-order valence-corrected chi connectivity index (χ4v) is 6.28. The maximum Gasteiger partial charge on any atom is 0.0473 e. The van der Waals surface area contributed by atoms with Crippen molar-refractivity contribution < 1.29 is 4.74 Å². The Labute approximate surface area is 144 Å². The van der Waals surface area contributed by atoms with Crippen molar-refractivity contribution >= 4 is 41.2 Å². The van der Waals surface area contributed by atoms with Crippen LogP contribution in [0.4, 0.5) is 0 Å². The lowest BCUT2D eigenvalue weighted by atomic mass is 10.4. The second-order valence-electron chi connectivity index (χ2n) is 5.07. The van der Waals surface area contributed by atoms with Crippen LogP contribution < -0.4 is 15.9 Å². The Morgan fingerprint density at radius 1 is 0.609 bits per heavy atom. The van der Waals surface area contributed by atoms with Crippen molar-refractivity contribution in [3.05, 3.63) is 91.0 Å². The van der Waals surface area contributed by atoms with E-state index < -0.39 is 6.89 Å². The predicted octanol–water partition coefficient (Wildman–Crippen LogP) is 3.81. The van der Waals surface area contributed by atoms with Gasteiger partial charge in [0.05, 0.1) is 0 Å². The fourth-order valence-electron chi connectivity index (χ4n) is 2.78. The number of methoxy groups -OCH3 is 1. The minimum atomic E-state index is -1.90. The van der Waals surface area contributed by atoms with Gasteiger partial charge in [-0.15, -0.1) is 12.4 Å². The molecule has 0 N–H and O–H groups in total. The summed E-state index contributed by atoms with van der Waals surface area (Å²) in [6, 6.07) is 31.9. The Kier molecular flexibility index (Phi) is 6.24. The van der Waals surface area contributed by atoms with Crippen LogP contribution >= 0.6 is 19.3 Å². The van der Waals surface area contributed by atoms with Gasteiger partial charge in [0, 0.05) is 13.1 Å². The van der Waals surface area contributed by atoms with Crippen LogP contribution in [0.1, 0.15) is 0 Å². The molecule has 3 aromatic carbocycles. The van der Waals surface area contributed by atoms with Crippen LogP contribution in [0.2, 0.25) is 0 Å². The van der Waals surface area contributed by atoms with Crippen LogP contribution in [0.3, 0.4) is 0 Å². The van der Waals surface area contributed by atoms with Crippen molar-refractivity contribution in [3.63, 3.8) is 0 Å². The van der Waals surface area contributed by atoms with Crippen LogP contribution in [-0.2, 0) is 4.74 Å². The topological polar surface area (TPSA) is 9.23 Å². The zero-order valence-corrected chi connectivity index (χ0v) is 14.7. The number of ether oxygens (including phenoxy) is 1. The summed E-state index contributed by atoms with van der Waals surface area (Å²) in [4.78, 5) is 0. The van der Waals surface area contributed by atoms with Crippen molar-refractivity contribution in [2.45, 2.75) is 0 Å². The van der Waals surface area contributed by atoms with Gasteiger partial charge in [-0.3, -0.25) is 0 Å². The van der Waals surface area contributed by atoms with Gasteiger partial charge in [0.2, 0.25) is 0 Å². The van der Waals surface area contributed by atoms with Gasteiger partial charge in [-0.05, 0) is 22.8 Å². The van der Waals surface area contributed by atoms with Crippen LogP contribution in [-0.4, -0.2) is 13.1 Å². The molecule has 0 fully saturated rings. The Balaban J connectivity index is 0.00000192. The highest BCUT2D eigenvalue weighted by atomic mass is 35.5. The first-order chi connectivity index (χ1) is 10.9. The van der Waals surface area contributed by atoms with E-state index in [1.165, 1.54) is 15.9 Å². The smallest absolute Gasteiger partial charge is 0.0473 e. The molecule has 0 heterocycles. The monoisotopic (exact) mass is 342 g/mol. The van der Waals surface area contributed by atoms with Gasteiger partial charge in [-0.25, -0.2) is 0 Å². The molecule has 0 spiro atoms. The highest BCUT2D eigenvalue weighted by Gasteiger charge is 2.24. The lowest BCUT2D eigenvalue weighted by molar-refractivity contribution is 0.431. The summed E-state index contributed by atoms with van der Waals surface area (Å²) in [5, 5.41) is 3.90. The van der Waals surface area contributed by atoms with E-state index in [0.29, 0.717) is 0 Å². The van der Waals surface area contributed by atoms with Crippen LogP contribution in [0, 0.1) is 0 Å². The van der Waals surface area contributed by atoms with Gasteiger partial charge in [0.1, 0.15) is 0 Å². The highest BCUT2D eigenvalue weighted by molar-refractivity contribution is 7.94. The number of hydrogen-bond acceptors (Lipinski definition) is 1. The summed E-state index contributed by atoms with van der Waals surface area (Å²) >= 11 is 0. The van der Waals surface area contributed by atoms with Crippen molar-refractivity contribution in [1.29, 1.82) is 0 Å². The molecule has 0 saturated heterocycles. The largest absolute Gasteiger partial charge is 0.356 e. The Hall–Kier alpha value is -1.79. The quantitative estimate of drug-likeness (QED) is 0.655. The van der Waals surface area contributed by atoms with Crippen molar-refractivity contribution in [1.82, 2.24) is 0 Å². The van der Waals surface area contributed by atoms with E-state index in [4.69, 9.17) is 4.74 Å². The van der Waals surface area contributed by atoms with Crippen LogP contribution in [0.5, 0.6) is 0 Å². The molecule has 0 saturated carbocycles. The average molecular weight is 343 g/mol. The van der Waals surface area contributed by atoms with Crippen LogP contribution in [0.25, 0.3) is 0 Å². The summed E-state index contributed by atoms with van der Waals surface area (Å²) in [6.45, 7) is -1.90. The van der Waals surface area contributed by atoms with Gasteiger partial charge in [0.25, 0.3) is 0 Å².